The van der Waals surface area contributed by atoms with Gasteiger partial charge in [-0.15, -0.1) is 5.10 Å². The van der Waals surface area contributed by atoms with E-state index in [9.17, 15) is 0 Å². The number of anilines is 2. The summed E-state index contributed by atoms with van der Waals surface area (Å²) in [5.74, 6) is 1.22. The zero-order chi connectivity index (χ0) is 14.8. The Morgan fingerprint density at radius 3 is 2.43 bits per heavy atom. The highest BCUT2D eigenvalue weighted by Crippen LogP contribution is 2.22. The van der Waals surface area contributed by atoms with Gasteiger partial charge >= 0.3 is 0 Å². The normalized spacial score (nSPS) is 16.0. The van der Waals surface area contributed by atoms with Crippen molar-refractivity contribution in [3.8, 4) is 5.69 Å². The molecule has 5 heteroatoms. The molecule has 0 spiro atoms. The average molecular weight is 285 g/mol. The van der Waals surface area contributed by atoms with E-state index in [1.165, 1.54) is 31.2 Å². The molecule has 3 rings (SSSR count). The van der Waals surface area contributed by atoms with Gasteiger partial charge in [-0.1, -0.05) is 30.5 Å². The van der Waals surface area contributed by atoms with Gasteiger partial charge in [-0.3, -0.25) is 0 Å². The van der Waals surface area contributed by atoms with Crippen molar-refractivity contribution in [1.82, 2.24) is 14.8 Å². The summed E-state index contributed by atoms with van der Waals surface area (Å²) in [5, 5.41) is 4.64. The van der Waals surface area contributed by atoms with Crippen LogP contribution >= 0.6 is 0 Å². The molecule has 5 nitrogen and oxygen atoms in total. The van der Waals surface area contributed by atoms with E-state index < -0.39 is 0 Å². The maximum Gasteiger partial charge on any atom is 0.246 e. The predicted octanol–water partition coefficient (Wildman–Crippen LogP) is 2.85. The molecular weight excluding hydrogens is 262 g/mol. The van der Waals surface area contributed by atoms with Gasteiger partial charge in [0, 0.05) is 13.1 Å². The molecule has 0 amide bonds. The highest BCUT2D eigenvalue weighted by atomic mass is 15.5. The maximum absolute atomic E-state index is 6.09. The fourth-order valence-corrected chi connectivity index (χ4v) is 2.94. The maximum atomic E-state index is 6.09. The van der Waals surface area contributed by atoms with E-state index in [1.54, 1.807) is 4.68 Å². The Kier molecular flexibility index (Phi) is 3.82. The standard InChI is InChI=1S/C16H23N5/c1-12-7-8-14(13(2)11-12)21-15(17)18-16(19-21)20-9-5-3-4-6-10-20/h7-8,11H,3-6,9-10H2,1-2H3,(H2,17,18,19). The Hall–Kier alpha value is -2.04. The van der Waals surface area contributed by atoms with Gasteiger partial charge in [0.05, 0.1) is 5.69 Å². The van der Waals surface area contributed by atoms with Gasteiger partial charge in [-0.05, 0) is 38.3 Å². The summed E-state index contributed by atoms with van der Waals surface area (Å²) >= 11 is 0. The van der Waals surface area contributed by atoms with Crippen molar-refractivity contribution in [3.05, 3.63) is 29.3 Å². The minimum atomic E-state index is 0.459. The minimum Gasteiger partial charge on any atom is -0.368 e. The molecule has 0 atom stereocenters. The Morgan fingerprint density at radius 2 is 1.76 bits per heavy atom. The number of aromatic nitrogens is 3. The molecule has 1 saturated heterocycles. The first kappa shape index (κ1) is 13.9. The Bertz CT molecular complexity index is 624. The van der Waals surface area contributed by atoms with Gasteiger partial charge in [0.1, 0.15) is 0 Å². The molecular formula is C16H23N5. The van der Waals surface area contributed by atoms with Gasteiger partial charge in [-0.25, -0.2) is 0 Å². The second-order valence-corrected chi connectivity index (χ2v) is 5.87. The highest BCUT2D eigenvalue weighted by molar-refractivity contribution is 5.48. The molecule has 112 valence electrons. The average Bonchev–Trinajstić information content (AvgIpc) is 2.67. The molecule has 2 aromatic rings. The van der Waals surface area contributed by atoms with Crippen molar-refractivity contribution in [2.24, 2.45) is 0 Å². The second-order valence-electron chi connectivity index (χ2n) is 5.87. The van der Waals surface area contributed by atoms with E-state index >= 15 is 0 Å². The summed E-state index contributed by atoms with van der Waals surface area (Å²) in [5.41, 5.74) is 9.49. The Morgan fingerprint density at radius 1 is 1.05 bits per heavy atom. The largest absolute Gasteiger partial charge is 0.368 e. The Labute approximate surface area is 125 Å². The van der Waals surface area contributed by atoms with Crippen LogP contribution in [-0.4, -0.2) is 27.9 Å². The summed E-state index contributed by atoms with van der Waals surface area (Å²) < 4.78 is 1.76. The number of benzene rings is 1. The molecule has 1 aliphatic heterocycles. The molecule has 0 saturated carbocycles. The lowest BCUT2D eigenvalue weighted by molar-refractivity contribution is 0.726. The SMILES string of the molecule is Cc1ccc(-n2nc(N3CCCCCC3)nc2N)c(C)c1. The topological polar surface area (TPSA) is 60.0 Å². The van der Waals surface area contributed by atoms with E-state index in [4.69, 9.17) is 5.73 Å². The van der Waals surface area contributed by atoms with E-state index in [0.717, 1.165) is 30.3 Å². The summed E-state index contributed by atoms with van der Waals surface area (Å²) in [7, 11) is 0. The zero-order valence-electron chi connectivity index (χ0n) is 12.8. The molecule has 1 aromatic carbocycles. The van der Waals surface area contributed by atoms with Gasteiger partial charge in [0.25, 0.3) is 0 Å². The molecule has 0 radical (unpaired) electrons. The van der Waals surface area contributed by atoms with Crippen molar-refractivity contribution >= 4 is 11.9 Å². The molecule has 2 heterocycles. The van der Waals surface area contributed by atoms with Crippen LogP contribution in [0, 0.1) is 13.8 Å². The fraction of sp³-hybridized carbons (Fsp3) is 0.500. The molecule has 21 heavy (non-hydrogen) atoms. The van der Waals surface area contributed by atoms with Gasteiger partial charge in [0.15, 0.2) is 0 Å². The van der Waals surface area contributed by atoms with Crippen LogP contribution in [0.1, 0.15) is 36.8 Å². The lowest BCUT2D eigenvalue weighted by atomic mass is 10.1. The van der Waals surface area contributed by atoms with Crippen LogP contribution in [0.5, 0.6) is 0 Å². The lowest BCUT2D eigenvalue weighted by Gasteiger charge is -2.17. The number of nitrogens with zero attached hydrogens (tertiary/aromatic N) is 4. The van der Waals surface area contributed by atoms with E-state index in [-0.39, 0.29) is 0 Å². The minimum absolute atomic E-state index is 0.459. The molecule has 0 unspecified atom stereocenters. The highest BCUT2D eigenvalue weighted by Gasteiger charge is 2.17. The summed E-state index contributed by atoms with van der Waals surface area (Å²) in [4.78, 5) is 6.72. The molecule has 0 bridgehead atoms. The van der Waals surface area contributed by atoms with Gasteiger partial charge in [0.2, 0.25) is 11.9 Å². The van der Waals surface area contributed by atoms with Crippen LogP contribution < -0.4 is 10.6 Å². The quantitative estimate of drug-likeness (QED) is 0.921. The van der Waals surface area contributed by atoms with Crippen LogP contribution in [-0.2, 0) is 0 Å². The number of hydrogen-bond donors (Lipinski definition) is 1. The van der Waals surface area contributed by atoms with Crippen LogP contribution in [0.2, 0.25) is 0 Å². The monoisotopic (exact) mass is 285 g/mol. The first-order valence-corrected chi connectivity index (χ1v) is 7.70. The van der Waals surface area contributed by atoms with Crippen LogP contribution in [0.4, 0.5) is 11.9 Å². The first-order valence-electron chi connectivity index (χ1n) is 7.70. The van der Waals surface area contributed by atoms with Gasteiger partial charge in [-0.2, -0.15) is 9.67 Å². The smallest absolute Gasteiger partial charge is 0.246 e. The number of nitrogens with two attached hydrogens (primary N) is 1. The third kappa shape index (κ3) is 2.86. The lowest BCUT2D eigenvalue weighted by Crippen LogP contribution is -2.25. The third-order valence-electron chi connectivity index (χ3n) is 4.09. The number of aryl methyl sites for hydroxylation is 2. The third-order valence-corrected chi connectivity index (χ3v) is 4.09. The van der Waals surface area contributed by atoms with E-state index in [1.807, 2.05) is 0 Å². The fourth-order valence-electron chi connectivity index (χ4n) is 2.94. The number of nitrogen functional groups attached to an aromatic ring is 1. The van der Waals surface area contributed by atoms with Crippen molar-refractivity contribution in [1.29, 1.82) is 0 Å². The predicted molar refractivity (Wildman–Crippen MR) is 85.9 cm³/mol. The van der Waals surface area contributed by atoms with Crippen LogP contribution in [0.15, 0.2) is 18.2 Å². The van der Waals surface area contributed by atoms with Crippen molar-refractivity contribution in [2.75, 3.05) is 23.7 Å². The first-order chi connectivity index (χ1) is 10.1. The molecule has 0 aliphatic carbocycles. The van der Waals surface area contributed by atoms with Crippen molar-refractivity contribution in [3.63, 3.8) is 0 Å². The Balaban J connectivity index is 1.93. The number of hydrogen-bond acceptors (Lipinski definition) is 4. The molecule has 1 aliphatic rings. The van der Waals surface area contributed by atoms with E-state index in [2.05, 4.69) is 47.0 Å². The zero-order valence-corrected chi connectivity index (χ0v) is 12.8. The summed E-state index contributed by atoms with van der Waals surface area (Å²) in [6, 6.07) is 6.28. The van der Waals surface area contributed by atoms with E-state index in [0.29, 0.717) is 5.95 Å². The van der Waals surface area contributed by atoms with Crippen molar-refractivity contribution < 1.29 is 0 Å². The summed E-state index contributed by atoms with van der Waals surface area (Å²) in [6.45, 7) is 6.21. The summed E-state index contributed by atoms with van der Waals surface area (Å²) in [6.07, 6.45) is 5.00. The molecule has 2 N–H and O–H groups in total. The van der Waals surface area contributed by atoms with Crippen LogP contribution in [0.3, 0.4) is 0 Å². The molecule has 1 aromatic heterocycles. The molecule has 1 fully saturated rings. The second kappa shape index (κ2) is 5.76. The number of rotatable bonds is 2. The van der Waals surface area contributed by atoms with Crippen molar-refractivity contribution in [2.45, 2.75) is 39.5 Å². The van der Waals surface area contributed by atoms with Gasteiger partial charge < -0.3 is 10.6 Å². The van der Waals surface area contributed by atoms with Crippen LogP contribution in [0.25, 0.3) is 5.69 Å².